The third-order valence-corrected chi connectivity index (χ3v) is 3.08. The molecule has 0 spiro atoms. The van der Waals surface area contributed by atoms with Gasteiger partial charge in [0.2, 0.25) is 0 Å². The Hall–Kier alpha value is -1.87. The van der Waals surface area contributed by atoms with Crippen LogP contribution in [0.15, 0.2) is 30.3 Å². The van der Waals surface area contributed by atoms with Crippen molar-refractivity contribution in [2.75, 3.05) is 0 Å². The number of para-hydroxylation sites is 1. The van der Waals surface area contributed by atoms with Crippen LogP contribution in [0.2, 0.25) is 0 Å². The lowest BCUT2D eigenvalue weighted by molar-refractivity contribution is -0.390. The van der Waals surface area contributed by atoms with Gasteiger partial charge < -0.3 is 4.98 Å². The highest BCUT2D eigenvalue weighted by Crippen LogP contribution is 2.58. The second-order valence-corrected chi connectivity index (χ2v) is 4.50. The minimum Gasteiger partial charge on any atom is -0.355 e. The van der Waals surface area contributed by atoms with Crippen LogP contribution in [-0.2, 0) is 5.67 Å². The largest absolute Gasteiger partial charge is 0.457 e. The molecule has 2 rings (SSSR count). The molecule has 0 amide bonds. The fourth-order valence-corrected chi connectivity index (χ4v) is 1.95. The first-order valence-corrected chi connectivity index (χ1v) is 5.61. The van der Waals surface area contributed by atoms with Gasteiger partial charge in [-0.15, -0.1) is 0 Å². The Morgan fingerprint density at radius 1 is 0.727 bits per heavy atom. The van der Waals surface area contributed by atoms with Crippen LogP contribution in [0.4, 0.5) is 39.5 Å². The molecule has 1 unspecified atom stereocenters. The van der Waals surface area contributed by atoms with Gasteiger partial charge in [-0.05, 0) is 17.5 Å². The third-order valence-electron chi connectivity index (χ3n) is 3.08. The van der Waals surface area contributed by atoms with E-state index in [9.17, 15) is 39.5 Å². The predicted octanol–water partition coefficient (Wildman–Crippen LogP) is 5.09. The number of hydrogen-bond acceptors (Lipinski definition) is 0. The lowest BCUT2D eigenvalue weighted by Gasteiger charge is -2.35. The van der Waals surface area contributed by atoms with Crippen molar-refractivity contribution in [1.29, 1.82) is 0 Å². The van der Waals surface area contributed by atoms with Crippen LogP contribution >= 0.6 is 0 Å². The van der Waals surface area contributed by atoms with Crippen molar-refractivity contribution in [3.8, 4) is 0 Å². The van der Waals surface area contributed by atoms with E-state index in [-0.39, 0.29) is 17.0 Å². The highest BCUT2D eigenvalue weighted by Gasteiger charge is 2.82. The van der Waals surface area contributed by atoms with E-state index < -0.39 is 29.6 Å². The van der Waals surface area contributed by atoms with Gasteiger partial charge in [0.05, 0.1) is 5.69 Å². The number of benzene rings is 1. The molecular formula is C12H6F9N. The van der Waals surface area contributed by atoms with Crippen LogP contribution in [-0.4, -0.2) is 23.3 Å². The van der Waals surface area contributed by atoms with Crippen LogP contribution in [0.5, 0.6) is 0 Å². The Morgan fingerprint density at radius 3 is 1.73 bits per heavy atom. The fourth-order valence-electron chi connectivity index (χ4n) is 1.95. The molecule has 2 aromatic rings. The van der Waals surface area contributed by atoms with Gasteiger partial charge >= 0.3 is 23.9 Å². The summed E-state index contributed by atoms with van der Waals surface area (Å²) in [6, 6.07) is 5.12. The number of rotatable bonds is 2. The normalized spacial score (nSPS) is 16.8. The minimum absolute atomic E-state index is 0.137. The van der Waals surface area contributed by atoms with Gasteiger partial charge in [0.15, 0.2) is 0 Å². The number of aromatic amines is 1. The number of halogens is 9. The average molecular weight is 335 g/mol. The van der Waals surface area contributed by atoms with E-state index >= 15 is 0 Å². The number of nitrogens with one attached hydrogen (secondary N) is 1. The van der Waals surface area contributed by atoms with E-state index in [4.69, 9.17) is 0 Å². The van der Waals surface area contributed by atoms with Crippen LogP contribution in [0.3, 0.4) is 0 Å². The molecule has 1 N–H and O–H groups in total. The lowest BCUT2D eigenvalue weighted by atomic mass is 9.92. The minimum atomic E-state index is -6.73. The highest BCUT2D eigenvalue weighted by atomic mass is 19.4. The summed E-state index contributed by atoms with van der Waals surface area (Å²) in [5.41, 5.74) is -8.05. The van der Waals surface area contributed by atoms with Crippen molar-refractivity contribution >= 4 is 10.9 Å². The molecule has 1 nitrogen and oxygen atoms in total. The van der Waals surface area contributed by atoms with Gasteiger partial charge in [-0.1, -0.05) is 18.2 Å². The Balaban J connectivity index is 2.75. The molecule has 0 saturated heterocycles. The molecule has 122 valence electrons. The monoisotopic (exact) mass is 335 g/mol. The van der Waals surface area contributed by atoms with E-state index in [2.05, 4.69) is 0 Å². The van der Waals surface area contributed by atoms with E-state index in [1.165, 1.54) is 12.1 Å². The number of aromatic nitrogens is 1. The summed E-state index contributed by atoms with van der Waals surface area (Å²) in [7, 11) is 0. The first kappa shape index (κ1) is 16.5. The van der Waals surface area contributed by atoms with Crippen molar-refractivity contribution in [3.63, 3.8) is 0 Å². The zero-order chi connectivity index (χ0) is 17.0. The van der Waals surface area contributed by atoms with Gasteiger partial charge in [0.1, 0.15) is 0 Å². The van der Waals surface area contributed by atoms with Crippen molar-refractivity contribution in [2.45, 2.75) is 23.9 Å². The molecule has 1 aromatic carbocycles. The zero-order valence-electron chi connectivity index (χ0n) is 10.3. The maximum absolute atomic E-state index is 14.1. The molecule has 0 bridgehead atoms. The van der Waals surface area contributed by atoms with Gasteiger partial charge in [0.25, 0.3) is 0 Å². The summed E-state index contributed by atoms with van der Waals surface area (Å²) in [6.07, 6.45) is -13.2. The quantitative estimate of drug-likeness (QED) is 0.736. The SMILES string of the molecule is FC(F)(F)C(F)(F)C(F)(c1cc2ccccc2[nH]1)C(F)(F)F. The van der Waals surface area contributed by atoms with Gasteiger partial charge in [0, 0.05) is 5.52 Å². The molecule has 10 heteroatoms. The maximum Gasteiger partial charge on any atom is 0.457 e. The predicted molar refractivity (Wildman–Crippen MR) is 58.1 cm³/mol. The van der Waals surface area contributed by atoms with Crippen molar-refractivity contribution in [2.24, 2.45) is 0 Å². The van der Waals surface area contributed by atoms with E-state index in [0.717, 1.165) is 12.1 Å². The third kappa shape index (κ3) is 2.12. The molecular weight excluding hydrogens is 329 g/mol. The first-order chi connectivity index (χ1) is 9.82. The van der Waals surface area contributed by atoms with E-state index in [1.807, 2.05) is 0 Å². The summed E-state index contributed by atoms with van der Waals surface area (Å²) in [4.78, 5) is 1.65. The topological polar surface area (TPSA) is 15.8 Å². The molecule has 0 aliphatic carbocycles. The van der Waals surface area contributed by atoms with E-state index in [1.54, 1.807) is 4.98 Å². The number of fused-ring (bicyclic) bond motifs is 1. The summed E-state index contributed by atoms with van der Waals surface area (Å²) < 4.78 is 116. The van der Waals surface area contributed by atoms with Gasteiger partial charge in [-0.25, -0.2) is 4.39 Å². The van der Waals surface area contributed by atoms with Crippen LogP contribution in [0.25, 0.3) is 10.9 Å². The molecule has 0 fully saturated rings. The Bertz CT molecular complexity index is 649. The Morgan fingerprint density at radius 2 is 1.27 bits per heavy atom. The number of hydrogen-bond donors (Lipinski definition) is 1. The van der Waals surface area contributed by atoms with Crippen molar-refractivity contribution in [3.05, 3.63) is 36.0 Å². The van der Waals surface area contributed by atoms with Crippen LogP contribution in [0, 0.1) is 0 Å². The van der Waals surface area contributed by atoms with Crippen molar-refractivity contribution < 1.29 is 39.5 Å². The molecule has 0 aliphatic rings. The molecule has 1 aromatic heterocycles. The second-order valence-electron chi connectivity index (χ2n) is 4.50. The Kier molecular flexibility index (Phi) is 3.42. The molecule has 0 saturated carbocycles. The summed E-state index contributed by atoms with van der Waals surface area (Å²) >= 11 is 0. The second kappa shape index (κ2) is 4.56. The molecule has 0 aliphatic heterocycles. The Labute approximate surface area is 116 Å². The molecule has 1 heterocycles. The van der Waals surface area contributed by atoms with Gasteiger partial charge in [-0.2, -0.15) is 35.1 Å². The first-order valence-electron chi connectivity index (χ1n) is 5.61. The van der Waals surface area contributed by atoms with Gasteiger partial charge in [-0.3, -0.25) is 0 Å². The number of H-pyrrole nitrogens is 1. The maximum atomic E-state index is 14.1. The molecule has 1 atom stereocenters. The lowest BCUT2D eigenvalue weighted by Crippen LogP contribution is -2.59. The fraction of sp³-hybridized carbons (Fsp3) is 0.333. The smallest absolute Gasteiger partial charge is 0.355 e. The molecule has 0 radical (unpaired) electrons. The number of alkyl halides is 9. The standard InChI is InChI=1S/C12H6F9N/c13-9(11(16,17)18,10(14,15)12(19,20)21)8-5-6-3-1-2-4-7(6)22-8/h1-5,22H. The summed E-state index contributed by atoms with van der Waals surface area (Å²) in [5.74, 6) is -6.67. The average Bonchev–Trinajstić information content (AvgIpc) is 2.78. The summed E-state index contributed by atoms with van der Waals surface area (Å²) in [6.45, 7) is 0. The highest BCUT2D eigenvalue weighted by molar-refractivity contribution is 5.80. The van der Waals surface area contributed by atoms with Crippen molar-refractivity contribution in [1.82, 2.24) is 4.98 Å². The summed E-state index contributed by atoms with van der Waals surface area (Å²) in [5, 5.41) is -0.137. The zero-order valence-corrected chi connectivity index (χ0v) is 10.3. The van der Waals surface area contributed by atoms with Crippen LogP contribution in [0.1, 0.15) is 5.69 Å². The molecule has 22 heavy (non-hydrogen) atoms. The van der Waals surface area contributed by atoms with Crippen LogP contribution < -0.4 is 0 Å². The van der Waals surface area contributed by atoms with E-state index in [0.29, 0.717) is 0 Å².